The fourth-order valence-corrected chi connectivity index (χ4v) is 4.22. The van der Waals surface area contributed by atoms with E-state index in [0.717, 1.165) is 16.9 Å². The van der Waals surface area contributed by atoms with Gasteiger partial charge < -0.3 is 4.74 Å². The summed E-state index contributed by atoms with van der Waals surface area (Å²) in [6.07, 6.45) is 2.42. The minimum atomic E-state index is -0.131. The van der Waals surface area contributed by atoms with Crippen LogP contribution in [0.5, 0.6) is 5.75 Å². The Bertz CT molecular complexity index is 1200. The summed E-state index contributed by atoms with van der Waals surface area (Å²) < 4.78 is 7.69. The number of hydrogen-bond donors (Lipinski definition) is 0. The Morgan fingerprint density at radius 3 is 2.61 bits per heavy atom. The van der Waals surface area contributed by atoms with Crippen LogP contribution in [0.2, 0.25) is 10.0 Å². The highest BCUT2D eigenvalue weighted by Crippen LogP contribution is 2.32. The molecule has 7 heteroatoms. The van der Waals surface area contributed by atoms with Gasteiger partial charge in [0.25, 0.3) is 5.56 Å². The number of ether oxygens (including phenoxy) is 1. The molecule has 0 saturated heterocycles. The highest BCUT2D eigenvalue weighted by atomic mass is 35.5. The van der Waals surface area contributed by atoms with Crippen LogP contribution in [0, 0.1) is 0 Å². The molecule has 0 radical (unpaired) electrons. The van der Waals surface area contributed by atoms with Crippen molar-refractivity contribution < 1.29 is 4.74 Å². The molecule has 2 aromatic carbocycles. The predicted octanol–water partition coefficient (Wildman–Crippen LogP) is 6.21. The smallest absolute Gasteiger partial charge is 0.275 e. The van der Waals surface area contributed by atoms with Gasteiger partial charge in [0, 0.05) is 9.90 Å². The highest BCUT2D eigenvalue weighted by molar-refractivity contribution is 7.22. The van der Waals surface area contributed by atoms with Gasteiger partial charge >= 0.3 is 0 Å². The molecule has 0 bridgehead atoms. The van der Waals surface area contributed by atoms with E-state index in [1.807, 2.05) is 37.3 Å². The summed E-state index contributed by atoms with van der Waals surface area (Å²) in [5.41, 5.74) is 2.19. The van der Waals surface area contributed by atoms with Gasteiger partial charge in [-0.15, -0.1) is 11.3 Å². The van der Waals surface area contributed by atoms with Gasteiger partial charge in [-0.2, -0.15) is 0 Å². The zero-order chi connectivity index (χ0) is 19.7. The maximum atomic E-state index is 13.0. The molecule has 0 atom stereocenters. The molecule has 2 heterocycles. The molecular formula is C21H16Cl2N2O2S. The van der Waals surface area contributed by atoms with Crippen molar-refractivity contribution in [3.63, 3.8) is 0 Å². The van der Waals surface area contributed by atoms with E-state index < -0.39 is 0 Å². The van der Waals surface area contributed by atoms with Crippen molar-refractivity contribution in [2.45, 2.75) is 13.3 Å². The number of thiophene rings is 1. The van der Waals surface area contributed by atoms with Gasteiger partial charge in [-0.1, -0.05) is 42.3 Å². The Morgan fingerprint density at radius 1 is 1.11 bits per heavy atom. The molecule has 2 aromatic heterocycles. The minimum Gasteiger partial charge on any atom is -0.492 e. The molecule has 0 amide bonds. The van der Waals surface area contributed by atoms with Crippen LogP contribution in [-0.2, 0) is 0 Å². The van der Waals surface area contributed by atoms with Crippen LogP contribution >= 0.6 is 34.5 Å². The van der Waals surface area contributed by atoms with Gasteiger partial charge in [0.2, 0.25) is 0 Å². The average Bonchev–Trinajstić information content (AvgIpc) is 3.13. The molecule has 0 aliphatic heterocycles. The largest absolute Gasteiger partial charge is 0.492 e. The standard InChI is InChI=1S/C21H16Cl2N2O2S/c1-2-9-27-18-8-7-15(10-16(18)23)25-12-24-17-11-19(28-20(17)21(25)26)13-3-5-14(22)6-4-13/h3-8,10-12H,2,9H2,1H3. The maximum Gasteiger partial charge on any atom is 0.275 e. The number of benzene rings is 2. The van der Waals surface area contributed by atoms with Crippen LogP contribution in [0.3, 0.4) is 0 Å². The summed E-state index contributed by atoms with van der Waals surface area (Å²) in [4.78, 5) is 18.5. The molecule has 0 N–H and O–H groups in total. The zero-order valence-corrected chi connectivity index (χ0v) is 17.3. The van der Waals surface area contributed by atoms with Crippen molar-refractivity contribution in [1.82, 2.24) is 9.55 Å². The van der Waals surface area contributed by atoms with E-state index in [9.17, 15) is 4.79 Å². The second kappa shape index (κ2) is 7.95. The van der Waals surface area contributed by atoms with Gasteiger partial charge in [-0.25, -0.2) is 4.98 Å². The van der Waals surface area contributed by atoms with Gasteiger partial charge in [-0.05, 0) is 48.4 Å². The molecule has 0 spiro atoms. The summed E-state index contributed by atoms with van der Waals surface area (Å²) in [5.74, 6) is 0.607. The number of nitrogens with zero attached hydrogens (tertiary/aromatic N) is 2. The number of rotatable bonds is 5. The van der Waals surface area contributed by atoms with Crippen LogP contribution in [-0.4, -0.2) is 16.2 Å². The number of hydrogen-bond acceptors (Lipinski definition) is 4. The lowest BCUT2D eigenvalue weighted by Gasteiger charge is -2.10. The zero-order valence-electron chi connectivity index (χ0n) is 15.0. The first-order chi connectivity index (χ1) is 13.6. The first-order valence-electron chi connectivity index (χ1n) is 8.76. The Balaban J connectivity index is 1.75. The number of fused-ring (bicyclic) bond motifs is 1. The van der Waals surface area contributed by atoms with Crippen molar-refractivity contribution in [3.8, 4) is 21.9 Å². The molecule has 0 aliphatic rings. The van der Waals surface area contributed by atoms with Crippen LogP contribution in [0.4, 0.5) is 0 Å². The molecular weight excluding hydrogens is 415 g/mol. The third-order valence-corrected chi connectivity index (χ3v) is 5.93. The van der Waals surface area contributed by atoms with Crippen molar-refractivity contribution in [2.75, 3.05) is 6.61 Å². The summed E-state index contributed by atoms with van der Waals surface area (Å²) in [6.45, 7) is 2.62. The van der Waals surface area contributed by atoms with Crippen molar-refractivity contribution in [3.05, 3.63) is 75.3 Å². The van der Waals surface area contributed by atoms with E-state index in [1.165, 1.54) is 22.2 Å². The van der Waals surface area contributed by atoms with Crippen molar-refractivity contribution >= 4 is 44.8 Å². The Hall–Kier alpha value is -2.34. The molecule has 142 valence electrons. The van der Waals surface area contributed by atoms with E-state index in [4.69, 9.17) is 27.9 Å². The van der Waals surface area contributed by atoms with Crippen molar-refractivity contribution in [2.24, 2.45) is 0 Å². The minimum absolute atomic E-state index is 0.131. The predicted molar refractivity (Wildman–Crippen MR) is 116 cm³/mol. The molecule has 0 saturated carbocycles. The Labute approximate surface area is 175 Å². The molecule has 0 fully saturated rings. The van der Waals surface area contributed by atoms with E-state index in [0.29, 0.717) is 38.3 Å². The lowest BCUT2D eigenvalue weighted by Crippen LogP contribution is -2.17. The van der Waals surface area contributed by atoms with E-state index in [1.54, 1.807) is 18.2 Å². The summed E-state index contributed by atoms with van der Waals surface area (Å²) in [6, 6.07) is 14.7. The molecule has 4 aromatic rings. The van der Waals surface area contributed by atoms with E-state index in [-0.39, 0.29) is 5.56 Å². The fourth-order valence-electron chi connectivity index (χ4n) is 2.82. The number of halogens is 2. The second-order valence-corrected chi connectivity index (χ2v) is 8.11. The average molecular weight is 431 g/mol. The topological polar surface area (TPSA) is 44.1 Å². The third kappa shape index (κ3) is 3.65. The van der Waals surface area contributed by atoms with Crippen LogP contribution < -0.4 is 10.3 Å². The van der Waals surface area contributed by atoms with Crippen LogP contribution in [0.1, 0.15) is 13.3 Å². The lowest BCUT2D eigenvalue weighted by atomic mass is 10.2. The van der Waals surface area contributed by atoms with Crippen molar-refractivity contribution in [1.29, 1.82) is 0 Å². The quantitative estimate of drug-likeness (QED) is 0.377. The first kappa shape index (κ1) is 19.0. The van der Waals surface area contributed by atoms with Gasteiger partial charge in [0.1, 0.15) is 16.8 Å². The fraction of sp³-hybridized carbons (Fsp3) is 0.143. The van der Waals surface area contributed by atoms with Gasteiger partial charge in [-0.3, -0.25) is 9.36 Å². The monoisotopic (exact) mass is 430 g/mol. The molecule has 28 heavy (non-hydrogen) atoms. The van der Waals surface area contributed by atoms with E-state index in [2.05, 4.69) is 4.98 Å². The molecule has 4 nitrogen and oxygen atoms in total. The Morgan fingerprint density at radius 2 is 1.89 bits per heavy atom. The van der Waals surface area contributed by atoms with Gasteiger partial charge in [0.05, 0.1) is 22.8 Å². The third-order valence-electron chi connectivity index (χ3n) is 4.22. The maximum absolute atomic E-state index is 13.0. The molecule has 0 aliphatic carbocycles. The van der Waals surface area contributed by atoms with Crippen LogP contribution in [0.25, 0.3) is 26.3 Å². The van der Waals surface area contributed by atoms with E-state index >= 15 is 0 Å². The summed E-state index contributed by atoms with van der Waals surface area (Å²) >= 11 is 13.7. The second-order valence-electron chi connectivity index (χ2n) is 6.21. The van der Waals surface area contributed by atoms with Crippen LogP contribution in [0.15, 0.2) is 59.7 Å². The SMILES string of the molecule is CCCOc1ccc(-n2cnc3cc(-c4ccc(Cl)cc4)sc3c2=O)cc1Cl. The summed E-state index contributed by atoms with van der Waals surface area (Å²) in [5, 5.41) is 1.14. The van der Waals surface area contributed by atoms with Gasteiger partial charge in [0.15, 0.2) is 0 Å². The first-order valence-corrected chi connectivity index (χ1v) is 10.3. The number of aromatic nitrogens is 2. The normalized spacial score (nSPS) is 11.1. The molecule has 0 unspecified atom stereocenters. The molecule has 4 rings (SSSR count). The summed E-state index contributed by atoms with van der Waals surface area (Å²) in [7, 11) is 0. The highest BCUT2D eigenvalue weighted by Gasteiger charge is 2.13. The lowest BCUT2D eigenvalue weighted by molar-refractivity contribution is 0.317. The Kier molecular flexibility index (Phi) is 5.40.